The van der Waals surface area contributed by atoms with Crippen LogP contribution in [0.3, 0.4) is 0 Å². The topological polar surface area (TPSA) is 256 Å². The summed E-state index contributed by atoms with van der Waals surface area (Å²) in [6.07, 6.45) is 0. The van der Waals surface area contributed by atoms with Crippen molar-refractivity contribution in [3.63, 3.8) is 0 Å². The quantitative estimate of drug-likeness (QED) is 0.0755. The van der Waals surface area contributed by atoms with Crippen LogP contribution in [0.4, 0.5) is 22.7 Å². The van der Waals surface area contributed by atoms with Crippen LogP contribution in [0.1, 0.15) is 0 Å². The molecule has 220 valence electrons. The molecule has 4 rings (SSSR count). The first-order valence-electron chi connectivity index (χ1n) is 10.8. The number of phenols is 2. The second-order valence-corrected chi connectivity index (χ2v) is 13.9. The van der Waals surface area contributed by atoms with Gasteiger partial charge in [0.15, 0.2) is 11.5 Å². The normalized spacial score (nSPS) is 13.0. The molecular formula is C22H15BrClN4O11PS2. The van der Waals surface area contributed by atoms with Crippen LogP contribution in [0, 0.1) is 0 Å². The van der Waals surface area contributed by atoms with Gasteiger partial charge < -0.3 is 20.0 Å². The summed E-state index contributed by atoms with van der Waals surface area (Å²) in [6, 6.07) is 10.5. The fraction of sp³-hybridized carbons (Fsp3) is 0. The van der Waals surface area contributed by atoms with Crippen LogP contribution in [0.15, 0.2) is 89.3 Å². The summed E-state index contributed by atoms with van der Waals surface area (Å²) < 4.78 is 80.8. The second-order valence-electron chi connectivity index (χ2n) is 8.25. The number of hydrogen-bond acceptors (Lipinski definition) is 11. The molecule has 0 aromatic heterocycles. The monoisotopic (exact) mass is 720 g/mol. The van der Waals surface area contributed by atoms with Crippen molar-refractivity contribution < 1.29 is 50.5 Å². The Morgan fingerprint density at radius 2 is 1.24 bits per heavy atom. The van der Waals surface area contributed by atoms with Gasteiger partial charge in [0.2, 0.25) is 0 Å². The van der Waals surface area contributed by atoms with Crippen molar-refractivity contribution in [1.82, 2.24) is 0 Å². The van der Waals surface area contributed by atoms with Crippen LogP contribution in [0.5, 0.6) is 11.5 Å². The smallest absolute Gasteiger partial charge is 0.358 e. The molecule has 4 aromatic rings. The standard InChI is InChI=1S/C22H15BrClN4O11PS2/c23-11-1-4-13(5-2-11)25-27-19-16(41(34,35)36)7-10-8-17(42(37,38)39)20(22(30)18(10)21(19)29)28-26-14-6-3-12(24)9-15(14)40(31,32)33/h1-9,29-30H,(H2,31,32,33)(H,34,35,36)(H,37,38,39). The Hall–Kier alpha value is -3.32. The predicted molar refractivity (Wildman–Crippen MR) is 153 cm³/mol. The first kappa shape index (κ1) is 31.6. The number of aromatic hydroxyl groups is 2. The zero-order valence-corrected chi connectivity index (χ0v) is 25.1. The molecule has 0 bridgehead atoms. The molecule has 0 aliphatic heterocycles. The summed E-state index contributed by atoms with van der Waals surface area (Å²) >= 11 is 9.01. The molecular weight excluding hydrogens is 707 g/mol. The van der Waals surface area contributed by atoms with E-state index in [1.807, 2.05) is 0 Å². The molecule has 6 N–H and O–H groups in total. The van der Waals surface area contributed by atoms with Gasteiger partial charge in [0, 0.05) is 9.50 Å². The molecule has 0 heterocycles. The van der Waals surface area contributed by atoms with Gasteiger partial charge >= 0.3 is 7.60 Å². The van der Waals surface area contributed by atoms with E-state index in [1.165, 1.54) is 18.2 Å². The number of hydrogen-bond donors (Lipinski definition) is 6. The Bertz CT molecular complexity index is 2090. The van der Waals surface area contributed by atoms with Crippen LogP contribution in [-0.4, -0.2) is 45.9 Å². The van der Waals surface area contributed by atoms with E-state index in [0.717, 1.165) is 12.1 Å². The Morgan fingerprint density at radius 1 is 0.738 bits per heavy atom. The molecule has 0 fully saturated rings. The predicted octanol–water partition coefficient (Wildman–Crippen LogP) is 5.79. The number of nitrogens with zero attached hydrogens (tertiary/aromatic N) is 4. The molecule has 0 unspecified atom stereocenters. The van der Waals surface area contributed by atoms with Gasteiger partial charge in [-0.15, -0.1) is 15.3 Å². The molecule has 15 nitrogen and oxygen atoms in total. The van der Waals surface area contributed by atoms with E-state index < -0.39 is 82.3 Å². The zero-order valence-electron chi connectivity index (χ0n) is 20.2. The van der Waals surface area contributed by atoms with Crippen molar-refractivity contribution in [2.75, 3.05) is 0 Å². The maximum absolute atomic E-state index is 12.2. The largest absolute Gasteiger partial charge is 0.505 e. The van der Waals surface area contributed by atoms with Gasteiger partial charge in [-0.05, 0) is 60.0 Å². The van der Waals surface area contributed by atoms with Gasteiger partial charge in [0.25, 0.3) is 20.2 Å². The summed E-state index contributed by atoms with van der Waals surface area (Å²) in [5.41, 5.74) is -2.18. The van der Waals surface area contributed by atoms with Crippen LogP contribution >= 0.6 is 35.1 Å². The summed E-state index contributed by atoms with van der Waals surface area (Å²) in [7, 11) is -15.4. The minimum atomic E-state index is -5.25. The average Bonchev–Trinajstić information content (AvgIpc) is 2.87. The third kappa shape index (κ3) is 6.67. The Balaban J connectivity index is 2.04. The number of phenolic OH excluding ortho intramolecular Hbond substituents is 2. The Morgan fingerprint density at radius 3 is 1.71 bits per heavy atom. The van der Waals surface area contributed by atoms with Crippen molar-refractivity contribution in [2.24, 2.45) is 20.5 Å². The average molecular weight is 722 g/mol. The summed E-state index contributed by atoms with van der Waals surface area (Å²) in [4.78, 5) is 17.1. The molecule has 42 heavy (non-hydrogen) atoms. The lowest BCUT2D eigenvalue weighted by Gasteiger charge is -2.13. The SMILES string of the molecule is O=P(O)(O)c1cc(Cl)ccc1N=Nc1c(S(=O)(=O)O)cc2cc(S(=O)(=O)O)c(N=Nc3ccc(Br)cc3)c(O)c2c1O. The van der Waals surface area contributed by atoms with Crippen LogP contribution in [0.25, 0.3) is 10.8 Å². The molecule has 4 aromatic carbocycles. The van der Waals surface area contributed by atoms with Gasteiger partial charge in [0.05, 0.1) is 16.4 Å². The maximum Gasteiger partial charge on any atom is 0.358 e. The lowest BCUT2D eigenvalue weighted by Crippen LogP contribution is -2.04. The molecule has 0 atom stereocenters. The minimum Gasteiger partial charge on any atom is -0.505 e. The molecule has 0 aliphatic rings. The summed E-state index contributed by atoms with van der Waals surface area (Å²) in [5, 5.41) is 34.7. The highest BCUT2D eigenvalue weighted by molar-refractivity contribution is 9.10. The van der Waals surface area contributed by atoms with Crippen molar-refractivity contribution >= 4 is 94.2 Å². The van der Waals surface area contributed by atoms with Gasteiger partial charge in [-0.2, -0.15) is 21.9 Å². The van der Waals surface area contributed by atoms with Crippen molar-refractivity contribution in [2.45, 2.75) is 9.79 Å². The molecule has 20 heteroatoms. The molecule has 0 aliphatic carbocycles. The lowest BCUT2D eigenvalue weighted by atomic mass is 10.1. The van der Waals surface area contributed by atoms with Crippen LogP contribution in [0.2, 0.25) is 5.02 Å². The van der Waals surface area contributed by atoms with E-state index in [0.29, 0.717) is 16.6 Å². The second kappa shape index (κ2) is 11.4. The van der Waals surface area contributed by atoms with E-state index in [1.54, 1.807) is 12.1 Å². The third-order valence-electron chi connectivity index (χ3n) is 5.41. The zero-order chi connectivity index (χ0) is 31.2. The van der Waals surface area contributed by atoms with Crippen molar-refractivity contribution in [1.29, 1.82) is 0 Å². The van der Waals surface area contributed by atoms with Gasteiger partial charge in [-0.3, -0.25) is 13.7 Å². The van der Waals surface area contributed by atoms with E-state index >= 15 is 0 Å². The number of fused-ring (bicyclic) bond motifs is 1. The number of azo groups is 2. The highest BCUT2D eigenvalue weighted by atomic mass is 79.9. The third-order valence-corrected chi connectivity index (χ3v) is 8.89. The molecule has 0 amide bonds. The van der Waals surface area contributed by atoms with Crippen molar-refractivity contribution in [3.8, 4) is 11.5 Å². The van der Waals surface area contributed by atoms with E-state index in [-0.39, 0.29) is 10.7 Å². The highest BCUT2D eigenvalue weighted by Crippen LogP contribution is 2.50. The molecule has 0 saturated heterocycles. The van der Waals surface area contributed by atoms with Gasteiger partial charge in [0.1, 0.15) is 26.9 Å². The van der Waals surface area contributed by atoms with E-state index in [9.17, 15) is 50.5 Å². The molecule has 0 saturated carbocycles. The maximum atomic E-state index is 12.2. The Kier molecular flexibility index (Phi) is 8.58. The van der Waals surface area contributed by atoms with Crippen LogP contribution in [-0.2, 0) is 24.8 Å². The number of benzene rings is 4. The van der Waals surface area contributed by atoms with Gasteiger partial charge in [-0.25, -0.2) is 0 Å². The number of rotatable bonds is 7. The molecule has 0 spiro atoms. The first-order valence-corrected chi connectivity index (χ1v) is 16.5. The number of halogens is 2. The highest BCUT2D eigenvalue weighted by Gasteiger charge is 2.29. The minimum absolute atomic E-state index is 0.0798. The van der Waals surface area contributed by atoms with E-state index in [4.69, 9.17) is 11.6 Å². The van der Waals surface area contributed by atoms with Crippen LogP contribution < -0.4 is 5.30 Å². The molecule has 0 radical (unpaired) electrons. The van der Waals surface area contributed by atoms with Crippen molar-refractivity contribution in [3.05, 3.63) is 64.1 Å². The fourth-order valence-corrected chi connectivity index (χ4v) is 6.13. The summed E-state index contributed by atoms with van der Waals surface area (Å²) in [5.74, 6) is -2.27. The first-order chi connectivity index (χ1) is 19.4. The summed E-state index contributed by atoms with van der Waals surface area (Å²) in [6.45, 7) is 0. The fourth-order valence-electron chi connectivity index (χ4n) is 3.58. The van der Waals surface area contributed by atoms with E-state index in [2.05, 4.69) is 36.4 Å². The van der Waals surface area contributed by atoms with Gasteiger partial charge in [-0.1, -0.05) is 27.5 Å². The lowest BCUT2D eigenvalue weighted by molar-refractivity contribution is 0.387. The Labute approximate surface area is 249 Å².